The van der Waals surface area contributed by atoms with E-state index in [1.165, 1.54) is 6.34 Å². The quantitative estimate of drug-likeness (QED) is 0.294. The number of rotatable bonds is 5. The molecule has 0 spiro atoms. The molecule has 1 aromatic rings. The number of hydrazone groups is 1. The second-order valence-electron chi connectivity index (χ2n) is 4.05. The molecule has 0 unspecified atom stereocenters. The normalized spacial score (nSPS) is 11.7. The van der Waals surface area contributed by atoms with Gasteiger partial charge < -0.3 is 4.90 Å². The summed E-state index contributed by atoms with van der Waals surface area (Å²) in [6, 6.07) is 1.57. The Labute approximate surface area is 128 Å². The maximum Gasteiger partial charge on any atom is 0.416 e. The number of amides is 1. The second-order valence-corrected chi connectivity index (χ2v) is 5.43. The third-order valence-corrected chi connectivity index (χ3v) is 3.03. The Bertz CT molecular complexity index is 537. The number of carbonyl (C=O) groups is 1. The summed E-state index contributed by atoms with van der Waals surface area (Å²) in [6.07, 6.45) is -3.14. The minimum atomic E-state index is -4.51. The van der Waals surface area contributed by atoms with Gasteiger partial charge in [0.05, 0.1) is 16.3 Å². The van der Waals surface area contributed by atoms with Crippen molar-refractivity contribution in [1.29, 1.82) is 0 Å². The predicted molar refractivity (Wildman–Crippen MR) is 75.3 cm³/mol. The van der Waals surface area contributed by atoms with Crippen LogP contribution in [0.1, 0.15) is 5.56 Å². The monoisotopic (exact) mass is 340 g/mol. The van der Waals surface area contributed by atoms with E-state index in [1.54, 1.807) is 19.0 Å². The molecule has 1 heterocycles. The molecule has 0 bridgehead atoms. The van der Waals surface area contributed by atoms with Crippen molar-refractivity contribution >= 4 is 35.6 Å². The van der Waals surface area contributed by atoms with Crippen LogP contribution in [0.15, 0.2) is 22.3 Å². The molecule has 0 aliphatic rings. The lowest BCUT2D eigenvalue weighted by Gasteiger charge is -2.08. The lowest BCUT2D eigenvalue weighted by atomic mass is 10.3. The first-order valence-electron chi connectivity index (χ1n) is 5.54. The molecule has 1 amide bonds. The van der Waals surface area contributed by atoms with Gasteiger partial charge in [-0.2, -0.15) is 18.3 Å². The molecule has 116 valence electrons. The van der Waals surface area contributed by atoms with E-state index in [1.807, 2.05) is 0 Å². The average Bonchev–Trinajstić information content (AvgIpc) is 2.34. The van der Waals surface area contributed by atoms with E-state index in [4.69, 9.17) is 11.6 Å². The molecule has 0 aromatic carbocycles. The standard InChI is InChI=1S/C11H12ClF3N4OS/c1-19(2)6-16-18-9(20)5-21-10-4-7(11(13,14)15)3-8(12)17-10/h3-4,6H,5H2,1-2H3,(H,18,20). The van der Waals surface area contributed by atoms with E-state index < -0.39 is 17.6 Å². The molecule has 5 nitrogen and oxygen atoms in total. The van der Waals surface area contributed by atoms with Crippen LogP contribution in [0.4, 0.5) is 13.2 Å². The zero-order chi connectivity index (χ0) is 16.0. The zero-order valence-electron chi connectivity index (χ0n) is 11.1. The molecule has 10 heteroatoms. The van der Waals surface area contributed by atoms with Gasteiger partial charge >= 0.3 is 6.18 Å². The predicted octanol–water partition coefficient (Wildman–Crippen LogP) is 2.47. The highest BCUT2D eigenvalue weighted by Gasteiger charge is 2.31. The van der Waals surface area contributed by atoms with Gasteiger partial charge in [0.1, 0.15) is 11.5 Å². The highest BCUT2D eigenvalue weighted by atomic mass is 35.5. The Morgan fingerprint density at radius 1 is 1.52 bits per heavy atom. The molecule has 0 radical (unpaired) electrons. The molecule has 1 aromatic heterocycles. The zero-order valence-corrected chi connectivity index (χ0v) is 12.7. The van der Waals surface area contributed by atoms with Gasteiger partial charge in [0.2, 0.25) is 0 Å². The number of hydrogen-bond donors (Lipinski definition) is 1. The van der Waals surface area contributed by atoms with E-state index in [9.17, 15) is 18.0 Å². The highest BCUT2D eigenvalue weighted by Crippen LogP contribution is 2.32. The Balaban J connectivity index is 2.63. The van der Waals surface area contributed by atoms with Crippen molar-refractivity contribution in [2.45, 2.75) is 11.2 Å². The van der Waals surface area contributed by atoms with E-state index in [2.05, 4.69) is 15.5 Å². The molecule has 1 N–H and O–H groups in total. The number of thioether (sulfide) groups is 1. The fourth-order valence-electron chi connectivity index (χ4n) is 1.10. The maximum atomic E-state index is 12.6. The minimum Gasteiger partial charge on any atom is -0.367 e. The molecule has 0 aliphatic heterocycles. The van der Waals surface area contributed by atoms with Gasteiger partial charge in [0.25, 0.3) is 5.91 Å². The number of nitrogens with one attached hydrogen (secondary N) is 1. The molecule has 0 saturated heterocycles. The number of carbonyl (C=O) groups excluding carboxylic acids is 1. The number of alkyl halides is 3. The molecule has 0 atom stereocenters. The van der Waals surface area contributed by atoms with Crippen LogP contribution < -0.4 is 5.43 Å². The second kappa shape index (κ2) is 7.51. The molecule has 0 aliphatic carbocycles. The van der Waals surface area contributed by atoms with E-state index in [0.717, 1.165) is 23.9 Å². The van der Waals surface area contributed by atoms with Crippen LogP contribution in [-0.2, 0) is 11.0 Å². The Morgan fingerprint density at radius 2 is 2.19 bits per heavy atom. The topological polar surface area (TPSA) is 57.6 Å². The molecule has 21 heavy (non-hydrogen) atoms. The Hall–Kier alpha value is -1.48. The van der Waals surface area contributed by atoms with Crippen LogP contribution in [0.3, 0.4) is 0 Å². The highest BCUT2D eigenvalue weighted by molar-refractivity contribution is 7.99. The lowest BCUT2D eigenvalue weighted by molar-refractivity contribution is -0.137. The summed E-state index contributed by atoms with van der Waals surface area (Å²) in [4.78, 5) is 16.8. The van der Waals surface area contributed by atoms with Crippen LogP contribution in [0, 0.1) is 0 Å². The SMILES string of the molecule is CN(C)C=NNC(=O)CSc1cc(C(F)(F)F)cc(Cl)n1. The summed E-state index contributed by atoms with van der Waals surface area (Å²) >= 11 is 6.37. The van der Waals surface area contributed by atoms with Crippen LogP contribution in [0.25, 0.3) is 0 Å². The van der Waals surface area contributed by atoms with E-state index in [-0.39, 0.29) is 15.9 Å². The molecule has 1 rings (SSSR count). The Kier molecular flexibility index (Phi) is 6.28. The fourth-order valence-corrected chi connectivity index (χ4v) is 2.07. The number of nitrogens with zero attached hydrogens (tertiary/aromatic N) is 3. The summed E-state index contributed by atoms with van der Waals surface area (Å²) < 4.78 is 37.8. The number of aromatic nitrogens is 1. The maximum absolute atomic E-state index is 12.6. The number of pyridine rings is 1. The van der Waals surface area contributed by atoms with Gasteiger partial charge in [-0.15, -0.1) is 0 Å². The van der Waals surface area contributed by atoms with Crippen molar-refractivity contribution in [3.05, 3.63) is 22.8 Å². The van der Waals surface area contributed by atoms with Gasteiger partial charge in [-0.25, -0.2) is 10.4 Å². The fraction of sp³-hybridized carbons (Fsp3) is 0.364. The third-order valence-electron chi connectivity index (χ3n) is 1.93. The van der Waals surface area contributed by atoms with Gasteiger partial charge in [0, 0.05) is 14.1 Å². The summed E-state index contributed by atoms with van der Waals surface area (Å²) in [5, 5.41) is 3.36. The average molecular weight is 341 g/mol. The van der Waals surface area contributed by atoms with Crippen LogP contribution in [0.5, 0.6) is 0 Å². The summed E-state index contributed by atoms with van der Waals surface area (Å²) in [6.45, 7) is 0. The van der Waals surface area contributed by atoms with Crippen molar-refractivity contribution in [1.82, 2.24) is 15.3 Å². The van der Waals surface area contributed by atoms with Crippen molar-refractivity contribution in [2.75, 3.05) is 19.8 Å². The van der Waals surface area contributed by atoms with Gasteiger partial charge in [0.15, 0.2) is 0 Å². The first-order valence-corrected chi connectivity index (χ1v) is 6.91. The summed E-state index contributed by atoms with van der Waals surface area (Å²) in [7, 11) is 3.44. The summed E-state index contributed by atoms with van der Waals surface area (Å²) in [5.74, 6) is -0.594. The van der Waals surface area contributed by atoms with Gasteiger partial charge in [-0.3, -0.25) is 4.79 Å². The van der Waals surface area contributed by atoms with Crippen LogP contribution >= 0.6 is 23.4 Å². The van der Waals surface area contributed by atoms with E-state index >= 15 is 0 Å². The van der Waals surface area contributed by atoms with E-state index in [0.29, 0.717) is 0 Å². The first kappa shape index (κ1) is 17.6. The van der Waals surface area contributed by atoms with Crippen molar-refractivity contribution in [3.8, 4) is 0 Å². The van der Waals surface area contributed by atoms with Crippen LogP contribution in [-0.4, -0.2) is 42.0 Å². The largest absolute Gasteiger partial charge is 0.416 e. The minimum absolute atomic E-state index is 0.0153. The van der Waals surface area contributed by atoms with Gasteiger partial charge in [-0.05, 0) is 12.1 Å². The van der Waals surface area contributed by atoms with Crippen molar-refractivity contribution in [3.63, 3.8) is 0 Å². The van der Waals surface area contributed by atoms with Crippen molar-refractivity contribution in [2.24, 2.45) is 5.10 Å². The molecule has 0 saturated carbocycles. The smallest absolute Gasteiger partial charge is 0.367 e. The number of hydrogen-bond acceptors (Lipinski definition) is 4. The third kappa shape index (κ3) is 6.67. The molecular weight excluding hydrogens is 329 g/mol. The molecular formula is C11H12ClF3N4OS. The van der Waals surface area contributed by atoms with Crippen molar-refractivity contribution < 1.29 is 18.0 Å². The summed E-state index contributed by atoms with van der Waals surface area (Å²) in [5.41, 5.74) is 1.32. The van der Waals surface area contributed by atoms with Crippen LogP contribution in [0.2, 0.25) is 5.15 Å². The number of halogens is 4. The molecule has 0 fully saturated rings. The van der Waals surface area contributed by atoms with Gasteiger partial charge in [-0.1, -0.05) is 23.4 Å². The Morgan fingerprint density at radius 3 is 2.76 bits per heavy atom. The first-order chi connectivity index (χ1) is 9.68. The lowest BCUT2D eigenvalue weighted by Crippen LogP contribution is -2.21.